The largest absolute Gasteiger partial charge is 0.497 e. The molecule has 8 nitrogen and oxygen atoms in total. The maximum absolute atomic E-state index is 12.5. The quantitative estimate of drug-likeness (QED) is 0.623. The summed E-state index contributed by atoms with van der Waals surface area (Å²) in [6.07, 6.45) is 0. The minimum atomic E-state index is -3.86. The highest BCUT2D eigenvalue weighted by Crippen LogP contribution is 2.31. The van der Waals surface area contributed by atoms with Crippen molar-refractivity contribution in [1.29, 1.82) is 0 Å². The van der Waals surface area contributed by atoms with Crippen LogP contribution in [0.15, 0.2) is 64.0 Å². The van der Waals surface area contributed by atoms with E-state index < -0.39 is 22.0 Å². The molecule has 0 aliphatic heterocycles. The number of carboxylic acids is 1. The lowest BCUT2D eigenvalue weighted by molar-refractivity contribution is 0.0694. The van der Waals surface area contributed by atoms with E-state index in [0.29, 0.717) is 11.3 Å². The van der Waals surface area contributed by atoms with Gasteiger partial charge in [-0.3, -0.25) is 0 Å². The van der Waals surface area contributed by atoms with E-state index in [0.717, 1.165) is 0 Å². The molecule has 3 rings (SSSR count). The van der Waals surface area contributed by atoms with Gasteiger partial charge in [-0.25, -0.2) is 17.9 Å². The molecule has 1 heterocycles. The van der Waals surface area contributed by atoms with Crippen molar-refractivity contribution < 1.29 is 27.6 Å². The monoisotopic (exact) mass is 402 g/mol. The molecule has 0 aliphatic rings. The number of methoxy groups -OCH3 is 1. The highest BCUT2D eigenvalue weighted by Gasteiger charge is 2.29. The molecule has 0 spiro atoms. The van der Waals surface area contributed by atoms with Crippen LogP contribution in [0.1, 0.15) is 29.1 Å². The summed E-state index contributed by atoms with van der Waals surface area (Å²) in [7, 11) is -2.34. The van der Waals surface area contributed by atoms with Crippen molar-refractivity contribution in [1.82, 2.24) is 9.88 Å². The Bertz CT molecular complexity index is 1080. The molecule has 0 radical (unpaired) electrons. The van der Waals surface area contributed by atoms with Gasteiger partial charge in [-0.05, 0) is 43.3 Å². The zero-order valence-corrected chi connectivity index (χ0v) is 15.9. The number of benzene rings is 2. The van der Waals surface area contributed by atoms with Gasteiger partial charge < -0.3 is 14.4 Å². The Morgan fingerprint density at radius 1 is 1.14 bits per heavy atom. The van der Waals surface area contributed by atoms with Crippen LogP contribution >= 0.6 is 0 Å². The van der Waals surface area contributed by atoms with Crippen molar-refractivity contribution in [2.45, 2.75) is 17.9 Å². The fourth-order valence-corrected chi connectivity index (χ4v) is 3.93. The van der Waals surface area contributed by atoms with E-state index in [9.17, 15) is 18.3 Å². The third-order valence-electron chi connectivity index (χ3n) is 4.07. The number of aromatic carboxylic acids is 1. The molecule has 28 heavy (non-hydrogen) atoms. The average molecular weight is 402 g/mol. The third-order valence-corrected chi connectivity index (χ3v) is 5.63. The van der Waals surface area contributed by atoms with Gasteiger partial charge in [0.2, 0.25) is 10.0 Å². The van der Waals surface area contributed by atoms with Crippen molar-refractivity contribution in [3.63, 3.8) is 0 Å². The van der Waals surface area contributed by atoms with Gasteiger partial charge in [0.1, 0.15) is 17.0 Å². The van der Waals surface area contributed by atoms with Crippen molar-refractivity contribution >= 4 is 16.0 Å². The first-order valence-corrected chi connectivity index (χ1v) is 9.76. The van der Waals surface area contributed by atoms with E-state index in [1.165, 1.54) is 26.2 Å². The second-order valence-corrected chi connectivity index (χ2v) is 7.67. The molecule has 0 bridgehead atoms. The van der Waals surface area contributed by atoms with E-state index in [4.69, 9.17) is 9.26 Å². The first kappa shape index (κ1) is 19.6. The molecule has 0 saturated carbocycles. The molecule has 3 aromatic rings. The Morgan fingerprint density at radius 2 is 1.79 bits per heavy atom. The fourth-order valence-electron chi connectivity index (χ4n) is 2.70. The van der Waals surface area contributed by atoms with Gasteiger partial charge >= 0.3 is 5.97 Å². The highest BCUT2D eigenvalue weighted by atomic mass is 32.2. The summed E-state index contributed by atoms with van der Waals surface area (Å²) in [6.45, 7) is 1.49. The zero-order valence-electron chi connectivity index (χ0n) is 15.1. The standard InChI is InChI=1S/C19H18N2O6S/c1-12(21-28(24,25)15-6-4-3-5-7-15)18-16(19(22)23)17(20-27-18)13-8-10-14(26-2)11-9-13/h3-12,21H,1-2H3,(H,22,23)/t12-/m1/s1. The van der Waals surface area contributed by atoms with Crippen molar-refractivity contribution in [2.24, 2.45) is 0 Å². The van der Waals surface area contributed by atoms with Gasteiger partial charge in [0, 0.05) is 5.56 Å². The highest BCUT2D eigenvalue weighted by molar-refractivity contribution is 7.89. The van der Waals surface area contributed by atoms with E-state index in [-0.39, 0.29) is 21.9 Å². The molecule has 0 fully saturated rings. The number of sulfonamides is 1. The summed E-state index contributed by atoms with van der Waals surface area (Å²) in [5, 5.41) is 13.5. The minimum absolute atomic E-state index is 0.0635. The Morgan fingerprint density at radius 3 is 2.36 bits per heavy atom. The molecule has 2 N–H and O–H groups in total. The van der Waals surface area contributed by atoms with E-state index in [2.05, 4.69) is 9.88 Å². The number of nitrogens with one attached hydrogen (secondary N) is 1. The SMILES string of the molecule is COc1ccc(-c2noc([C@@H](C)NS(=O)(=O)c3ccccc3)c2C(=O)O)cc1. The van der Waals surface area contributed by atoms with E-state index >= 15 is 0 Å². The van der Waals surface area contributed by atoms with E-state index in [1.807, 2.05) is 0 Å². The van der Waals surface area contributed by atoms with Crippen LogP contribution in [-0.4, -0.2) is 31.8 Å². The molecular weight excluding hydrogens is 384 g/mol. The summed E-state index contributed by atoms with van der Waals surface area (Å²) < 4.78 is 37.8. The van der Waals surface area contributed by atoms with Crippen LogP contribution in [0.25, 0.3) is 11.3 Å². The van der Waals surface area contributed by atoms with Crippen molar-refractivity contribution in [3.05, 3.63) is 65.9 Å². The van der Waals surface area contributed by atoms with Crippen molar-refractivity contribution in [2.75, 3.05) is 7.11 Å². The van der Waals surface area contributed by atoms with Crippen LogP contribution in [0.5, 0.6) is 5.75 Å². The van der Waals surface area contributed by atoms with Crippen LogP contribution in [0.3, 0.4) is 0 Å². The molecule has 146 valence electrons. The topological polar surface area (TPSA) is 119 Å². The fraction of sp³-hybridized carbons (Fsp3) is 0.158. The minimum Gasteiger partial charge on any atom is -0.497 e. The van der Waals surface area contributed by atoms with E-state index in [1.54, 1.807) is 42.5 Å². The number of carboxylic acid groups (broad SMARTS) is 1. The Hall–Kier alpha value is -3.17. The first-order valence-electron chi connectivity index (χ1n) is 8.28. The molecular formula is C19H18N2O6S. The zero-order chi connectivity index (χ0) is 20.3. The second kappa shape index (κ2) is 7.83. The number of aromatic nitrogens is 1. The van der Waals surface area contributed by atoms with Gasteiger partial charge in [0.05, 0.1) is 18.0 Å². The molecule has 1 aromatic heterocycles. The second-order valence-electron chi connectivity index (χ2n) is 5.96. The Balaban J connectivity index is 1.96. The maximum Gasteiger partial charge on any atom is 0.341 e. The molecule has 2 aromatic carbocycles. The van der Waals surface area contributed by atoms with Gasteiger partial charge in [0.25, 0.3) is 0 Å². The molecule has 0 amide bonds. The number of rotatable bonds is 7. The Labute approximate surface area is 161 Å². The predicted octanol–water partition coefficient (Wildman–Crippen LogP) is 3.09. The summed E-state index contributed by atoms with van der Waals surface area (Å²) >= 11 is 0. The summed E-state index contributed by atoms with van der Waals surface area (Å²) in [6, 6.07) is 13.4. The van der Waals surface area contributed by atoms with Gasteiger partial charge in [0.15, 0.2) is 5.76 Å². The lowest BCUT2D eigenvalue weighted by atomic mass is 10.0. The summed E-state index contributed by atoms with van der Waals surface area (Å²) in [5.41, 5.74) is 0.413. The number of hydrogen-bond acceptors (Lipinski definition) is 6. The normalized spacial score (nSPS) is 12.5. The summed E-state index contributed by atoms with van der Waals surface area (Å²) in [4.78, 5) is 11.9. The lowest BCUT2D eigenvalue weighted by Crippen LogP contribution is -2.27. The lowest BCUT2D eigenvalue weighted by Gasteiger charge is -2.12. The van der Waals surface area contributed by atoms with Gasteiger partial charge in [-0.15, -0.1) is 0 Å². The third kappa shape index (κ3) is 3.90. The maximum atomic E-state index is 12.5. The predicted molar refractivity (Wildman–Crippen MR) is 101 cm³/mol. The average Bonchev–Trinajstić information content (AvgIpc) is 3.14. The van der Waals surface area contributed by atoms with Crippen molar-refractivity contribution in [3.8, 4) is 17.0 Å². The molecule has 9 heteroatoms. The van der Waals surface area contributed by atoms with Crippen LogP contribution in [0.4, 0.5) is 0 Å². The number of ether oxygens (including phenoxy) is 1. The molecule has 1 atom stereocenters. The van der Waals surface area contributed by atoms with Crippen LogP contribution in [0, 0.1) is 0 Å². The number of hydrogen-bond donors (Lipinski definition) is 2. The molecule has 0 unspecified atom stereocenters. The first-order chi connectivity index (χ1) is 13.3. The smallest absolute Gasteiger partial charge is 0.341 e. The Kier molecular flexibility index (Phi) is 5.48. The van der Waals surface area contributed by atoms with Gasteiger partial charge in [-0.2, -0.15) is 0 Å². The van der Waals surface area contributed by atoms with Crippen LogP contribution in [0.2, 0.25) is 0 Å². The van der Waals surface area contributed by atoms with Gasteiger partial charge in [-0.1, -0.05) is 23.4 Å². The molecule has 0 saturated heterocycles. The van der Waals surface area contributed by atoms with Crippen LogP contribution in [-0.2, 0) is 10.0 Å². The van der Waals surface area contributed by atoms with Crippen LogP contribution < -0.4 is 9.46 Å². The number of carbonyl (C=O) groups is 1. The molecule has 0 aliphatic carbocycles. The summed E-state index contributed by atoms with van der Waals surface area (Å²) in [5.74, 6) is -0.751. The number of nitrogens with zero attached hydrogens (tertiary/aromatic N) is 1.